The molecule has 0 fully saturated rings. The maximum absolute atomic E-state index is 13.9. The van der Waals surface area contributed by atoms with Crippen LogP contribution in [0.5, 0.6) is 11.5 Å². The Morgan fingerprint density at radius 2 is 1.86 bits per heavy atom. The zero-order valence-corrected chi connectivity index (χ0v) is 12.5. The SMILES string of the molecule is COc1ccc(C(O)Cc2cccc(Cl)c2F)cc1OC. The molecule has 1 unspecified atom stereocenters. The maximum Gasteiger partial charge on any atom is 0.161 e. The highest BCUT2D eigenvalue weighted by molar-refractivity contribution is 6.30. The van der Waals surface area contributed by atoms with Crippen molar-refractivity contribution in [1.82, 2.24) is 0 Å². The topological polar surface area (TPSA) is 38.7 Å². The lowest BCUT2D eigenvalue weighted by molar-refractivity contribution is 0.176. The van der Waals surface area contributed by atoms with E-state index >= 15 is 0 Å². The van der Waals surface area contributed by atoms with Crippen LogP contribution in [0, 0.1) is 5.82 Å². The zero-order valence-electron chi connectivity index (χ0n) is 11.8. The van der Waals surface area contributed by atoms with Gasteiger partial charge in [0.1, 0.15) is 5.82 Å². The molecule has 0 bridgehead atoms. The van der Waals surface area contributed by atoms with Gasteiger partial charge in [0.2, 0.25) is 0 Å². The highest BCUT2D eigenvalue weighted by Gasteiger charge is 2.15. The summed E-state index contributed by atoms with van der Waals surface area (Å²) < 4.78 is 24.2. The van der Waals surface area contributed by atoms with Crippen LogP contribution in [0.25, 0.3) is 0 Å². The van der Waals surface area contributed by atoms with E-state index in [1.54, 1.807) is 30.3 Å². The molecule has 3 nitrogen and oxygen atoms in total. The second-order valence-corrected chi connectivity index (χ2v) is 4.95. The van der Waals surface area contributed by atoms with Crippen molar-refractivity contribution in [3.63, 3.8) is 0 Å². The molecular weight excluding hydrogens is 295 g/mol. The molecule has 0 saturated carbocycles. The van der Waals surface area contributed by atoms with Gasteiger partial charge in [0.05, 0.1) is 25.3 Å². The van der Waals surface area contributed by atoms with Gasteiger partial charge < -0.3 is 14.6 Å². The smallest absolute Gasteiger partial charge is 0.161 e. The predicted molar refractivity (Wildman–Crippen MR) is 79.6 cm³/mol. The Hall–Kier alpha value is -1.78. The number of ether oxygens (including phenoxy) is 2. The van der Waals surface area contributed by atoms with Gasteiger partial charge in [-0.15, -0.1) is 0 Å². The van der Waals surface area contributed by atoms with Crippen molar-refractivity contribution < 1.29 is 19.0 Å². The molecular formula is C16H16ClFO3. The van der Waals surface area contributed by atoms with Gasteiger partial charge in [-0.05, 0) is 29.3 Å². The second-order valence-electron chi connectivity index (χ2n) is 4.55. The molecule has 112 valence electrons. The van der Waals surface area contributed by atoms with E-state index in [4.69, 9.17) is 21.1 Å². The third-order valence-electron chi connectivity index (χ3n) is 3.24. The van der Waals surface area contributed by atoms with E-state index in [2.05, 4.69) is 0 Å². The molecule has 0 spiro atoms. The van der Waals surface area contributed by atoms with E-state index in [0.29, 0.717) is 22.6 Å². The van der Waals surface area contributed by atoms with Crippen molar-refractivity contribution >= 4 is 11.6 Å². The molecule has 5 heteroatoms. The molecule has 0 aromatic heterocycles. The van der Waals surface area contributed by atoms with Gasteiger partial charge in [0.15, 0.2) is 11.5 Å². The highest BCUT2D eigenvalue weighted by Crippen LogP contribution is 2.31. The molecule has 21 heavy (non-hydrogen) atoms. The summed E-state index contributed by atoms with van der Waals surface area (Å²) in [4.78, 5) is 0. The van der Waals surface area contributed by atoms with Crippen LogP contribution in [0.1, 0.15) is 17.2 Å². The summed E-state index contributed by atoms with van der Waals surface area (Å²) in [6.45, 7) is 0. The molecule has 0 aliphatic rings. The van der Waals surface area contributed by atoms with Crippen molar-refractivity contribution in [2.75, 3.05) is 14.2 Å². The number of aliphatic hydroxyl groups is 1. The van der Waals surface area contributed by atoms with Gasteiger partial charge in [0, 0.05) is 6.42 Å². The summed E-state index contributed by atoms with van der Waals surface area (Å²) in [6, 6.07) is 9.82. The number of halogens is 2. The molecule has 2 rings (SSSR count). The summed E-state index contributed by atoms with van der Waals surface area (Å²) in [7, 11) is 3.06. The van der Waals surface area contributed by atoms with E-state index in [1.807, 2.05) is 0 Å². The number of benzene rings is 2. The normalized spacial score (nSPS) is 12.0. The fourth-order valence-electron chi connectivity index (χ4n) is 2.09. The third kappa shape index (κ3) is 3.46. The molecule has 2 aromatic carbocycles. The molecule has 0 amide bonds. The Kier molecular flexibility index (Phi) is 5.04. The van der Waals surface area contributed by atoms with Crippen LogP contribution in [0.4, 0.5) is 4.39 Å². The summed E-state index contributed by atoms with van der Waals surface area (Å²) in [5.41, 5.74) is 0.983. The Morgan fingerprint density at radius 1 is 1.14 bits per heavy atom. The van der Waals surface area contributed by atoms with E-state index in [0.717, 1.165) is 0 Å². The van der Waals surface area contributed by atoms with Gasteiger partial charge in [-0.1, -0.05) is 29.8 Å². The van der Waals surface area contributed by atoms with Crippen LogP contribution in [-0.2, 0) is 6.42 Å². The van der Waals surface area contributed by atoms with Crippen LogP contribution in [0.2, 0.25) is 5.02 Å². The van der Waals surface area contributed by atoms with Crippen molar-refractivity contribution in [1.29, 1.82) is 0 Å². The van der Waals surface area contributed by atoms with Gasteiger partial charge in [-0.3, -0.25) is 0 Å². The number of rotatable bonds is 5. The van der Waals surface area contributed by atoms with Crippen LogP contribution in [0.3, 0.4) is 0 Å². The van der Waals surface area contributed by atoms with E-state index in [1.165, 1.54) is 20.3 Å². The largest absolute Gasteiger partial charge is 0.493 e. The van der Waals surface area contributed by atoms with Crippen LogP contribution < -0.4 is 9.47 Å². The number of aliphatic hydroxyl groups excluding tert-OH is 1. The first-order chi connectivity index (χ1) is 10.1. The molecule has 0 heterocycles. The van der Waals surface area contributed by atoms with Gasteiger partial charge in [-0.25, -0.2) is 4.39 Å². The predicted octanol–water partition coefficient (Wildman–Crippen LogP) is 3.77. The van der Waals surface area contributed by atoms with Crippen LogP contribution in [0.15, 0.2) is 36.4 Å². The first-order valence-corrected chi connectivity index (χ1v) is 6.77. The first-order valence-electron chi connectivity index (χ1n) is 6.39. The lowest BCUT2D eigenvalue weighted by atomic mass is 10.0. The Balaban J connectivity index is 2.24. The van der Waals surface area contributed by atoms with Crippen LogP contribution >= 0.6 is 11.6 Å². The minimum Gasteiger partial charge on any atom is -0.493 e. The molecule has 0 aliphatic carbocycles. The Morgan fingerprint density at radius 3 is 2.52 bits per heavy atom. The quantitative estimate of drug-likeness (QED) is 0.913. The Labute approximate surface area is 127 Å². The maximum atomic E-state index is 13.9. The zero-order chi connectivity index (χ0) is 15.4. The monoisotopic (exact) mass is 310 g/mol. The first kappa shape index (κ1) is 15.6. The average molecular weight is 311 g/mol. The number of hydrogen-bond donors (Lipinski definition) is 1. The molecule has 0 radical (unpaired) electrons. The minimum atomic E-state index is -0.863. The van der Waals surface area contributed by atoms with Crippen molar-refractivity contribution in [2.45, 2.75) is 12.5 Å². The molecule has 0 aliphatic heterocycles. The summed E-state index contributed by atoms with van der Waals surface area (Å²) in [5, 5.41) is 10.3. The number of methoxy groups -OCH3 is 2. The lowest BCUT2D eigenvalue weighted by Crippen LogP contribution is -2.04. The van der Waals surface area contributed by atoms with Crippen molar-refractivity contribution in [2.24, 2.45) is 0 Å². The minimum absolute atomic E-state index is 0.0482. The average Bonchev–Trinajstić information content (AvgIpc) is 2.51. The summed E-state index contributed by atoms with van der Waals surface area (Å²) in [6.07, 6.45) is -0.736. The summed E-state index contributed by atoms with van der Waals surface area (Å²) in [5.74, 6) is 0.585. The van der Waals surface area contributed by atoms with Gasteiger partial charge in [-0.2, -0.15) is 0 Å². The third-order valence-corrected chi connectivity index (χ3v) is 3.53. The lowest BCUT2D eigenvalue weighted by Gasteiger charge is -2.15. The van der Waals surface area contributed by atoms with Gasteiger partial charge in [0.25, 0.3) is 0 Å². The van der Waals surface area contributed by atoms with Crippen molar-refractivity contribution in [3.8, 4) is 11.5 Å². The van der Waals surface area contributed by atoms with Crippen molar-refractivity contribution in [3.05, 3.63) is 58.4 Å². The Bertz CT molecular complexity index is 631. The highest BCUT2D eigenvalue weighted by atomic mass is 35.5. The molecule has 1 N–H and O–H groups in total. The second kappa shape index (κ2) is 6.78. The standard InChI is InChI=1S/C16H16ClFO3/c1-20-14-7-6-10(9-15(14)21-2)13(19)8-11-4-3-5-12(17)16(11)18/h3-7,9,13,19H,8H2,1-2H3. The van der Waals surface area contributed by atoms with E-state index in [-0.39, 0.29) is 11.4 Å². The number of hydrogen-bond acceptors (Lipinski definition) is 3. The molecule has 2 aromatic rings. The fourth-order valence-corrected chi connectivity index (χ4v) is 2.29. The van der Waals surface area contributed by atoms with E-state index in [9.17, 15) is 9.50 Å². The fraction of sp³-hybridized carbons (Fsp3) is 0.250. The molecule has 1 atom stereocenters. The van der Waals surface area contributed by atoms with Crippen LogP contribution in [-0.4, -0.2) is 19.3 Å². The molecule has 0 saturated heterocycles. The van der Waals surface area contributed by atoms with E-state index < -0.39 is 11.9 Å². The summed E-state index contributed by atoms with van der Waals surface area (Å²) >= 11 is 5.74. The van der Waals surface area contributed by atoms with Gasteiger partial charge >= 0.3 is 0 Å².